The number of amides is 1. The van der Waals surface area contributed by atoms with Gasteiger partial charge in [-0.3, -0.25) is 9.78 Å². The third kappa shape index (κ3) is 3.65. The van der Waals surface area contributed by atoms with E-state index in [4.69, 9.17) is 5.73 Å². The fourth-order valence-electron chi connectivity index (χ4n) is 1.76. The maximum atomic E-state index is 13.4. The van der Waals surface area contributed by atoms with Crippen LogP contribution in [0.25, 0.3) is 0 Å². The van der Waals surface area contributed by atoms with E-state index < -0.39 is 5.82 Å². The summed E-state index contributed by atoms with van der Waals surface area (Å²) in [6.07, 6.45) is 2.46. The number of pyridine rings is 1. The number of aromatic nitrogens is 1. The lowest BCUT2D eigenvalue weighted by atomic mass is 10.0. The Hall–Kier alpha value is -2.71. The predicted molar refractivity (Wildman–Crippen MR) is 79.3 cm³/mol. The zero-order valence-electron chi connectivity index (χ0n) is 11.5. The van der Waals surface area contributed by atoms with Gasteiger partial charge in [-0.15, -0.1) is 0 Å². The topological polar surface area (TPSA) is 68.0 Å². The SMILES string of the molecule is Cc1cc(C(=O)Nc2ccncc2F)ccc1C#CCN. The van der Waals surface area contributed by atoms with Crippen LogP contribution in [0.5, 0.6) is 0 Å². The average molecular weight is 283 g/mol. The third-order valence-corrected chi connectivity index (χ3v) is 2.83. The molecule has 0 saturated heterocycles. The van der Waals surface area contributed by atoms with Gasteiger partial charge in [0.2, 0.25) is 0 Å². The van der Waals surface area contributed by atoms with Crippen LogP contribution in [0.3, 0.4) is 0 Å². The number of anilines is 1. The van der Waals surface area contributed by atoms with E-state index in [0.29, 0.717) is 5.56 Å². The number of benzene rings is 1. The summed E-state index contributed by atoms with van der Waals surface area (Å²) >= 11 is 0. The van der Waals surface area contributed by atoms with Crippen LogP contribution >= 0.6 is 0 Å². The van der Waals surface area contributed by atoms with Crippen LogP contribution in [0.2, 0.25) is 0 Å². The molecule has 0 saturated carbocycles. The second-order valence-corrected chi connectivity index (χ2v) is 4.35. The molecule has 0 spiro atoms. The molecule has 106 valence electrons. The van der Waals surface area contributed by atoms with Crippen LogP contribution in [0.4, 0.5) is 10.1 Å². The summed E-state index contributed by atoms with van der Waals surface area (Å²) in [5, 5.41) is 2.51. The molecule has 1 amide bonds. The highest BCUT2D eigenvalue weighted by Crippen LogP contribution is 2.15. The van der Waals surface area contributed by atoms with E-state index >= 15 is 0 Å². The van der Waals surface area contributed by atoms with Crippen molar-refractivity contribution in [3.05, 3.63) is 59.2 Å². The van der Waals surface area contributed by atoms with Gasteiger partial charge in [0.05, 0.1) is 18.4 Å². The van der Waals surface area contributed by atoms with E-state index in [1.54, 1.807) is 18.2 Å². The van der Waals surface area contributed by atoms with E-state index in [2.05, 4.69) is 22.1 Å². The highest BCUT2D eigenvalue weighted by Gasteiger charge is 2.10. The number of nitrogens with zero attached hydrogens (tertiary/aromatic N) is 1. The van der Waals surface area contributed by atoms with Gasteiger partial charge in [-0.25, -0.2) is 4.39 Å². The molecule has 21 heavy (non-hydrogen) atoms. The van der Waals surface area contributed by atoms with Crippen molar-refractivity contribution in [2.75, 3.05) is 11.9 Å². The summed E-state index contributed by atoms with van der Waals surface area (Å²) < 4.78 is 13.4. The number of nitrogens with one attached hydrogen (secondary N) is 1. The molecular formula is C16H14FN3O. The maximum absolute atomic E-state index is 13.4. The molecule has 1 aromatic heterocycles. The standard InChI is InChI=1S/C16H14FN3O/c1-11-9-13(5-4-12(11)3-2-7-18)16(21)20-15-6-8-19-10-14(15)17/h4-6,8-10H,7,18H2,1H3,(H,19,20,21). The van der Waals surface area contributed by atoms with E-state index in [9.17, 15) is 9.18 Å². The van der Waals surface area contributed by atoms with Gasteiger partial charge < -0.3 is 11.1 Å². The molecule has 0 bridgehead atoms. The number of carbonyl (C=O) groups is 1. The molecule has 2 aromatic rings. The fraction of sp³-hybridized carbons (Fsp3) is 0.125. The molecule has 3 N–H and O–H groups in total. The van der Waals surface area contributed by atoms with Crippen LogP contribution in [-0.2, 0) is 0 Å². The fourth-order valence-corrected chi connectivity index (χ4v) is 1.76. The highest BCUT2D eigenvalue weighted by atomic mass is 19.1. The Kier molecular flexibility index (Phi) is 4.64. The largest absolute Gasteiger partial charge is 0.320 e. The second-order valence-electron chi connectivity index (χ2n) is 4.35. The first-order chi connectivity index (χ1) is 10.1. The molecule has 0 aliphatic rings. The van der Waals surface area contributed by atoms with Gasteiger partial charge in [-0.1, -0.05) is 11.8 Å². The van der Waals surface area contributed by atoms with Crippen molar-refractivity contribution in [1.29, 1.82) is 0 Å². The lowest BCUT2D eigenvalue weighted by Crippen LogP contribution is -2.13. The number of nitrogens with two attached hydrogens (primary N) is 1. The predicted octanol–water partition coefficient (Wildman–Crippen LogP) is 2.09. The second kappa shape index (κ2) is 6.64. The van der Waals surface area contributed by atoms with Crippen molar-refractivity contribution in [2.45, 2.75) is 6.92 Å². The van der Waals surface area contributed by atoms with Crippen LogP contribution in [0.15, 0.2) is 36.7 Å². The minimum absolute atomic E-state index is 0.0969. The minimum atomic E-state index is -0.576. The Labute approximate surface area is 122 Å². The molecule has 2 rings (SSSR count). The molecule has 1 heterocycles. The van der Waals surface area contributed by atoms with Gasteiger partial charge in [0.15, 0.2) is 5.82 Å². The molecule has 0 aliphatic carbocycles. The van der Waals surface area contributed by atoms with Gasteiger partial charge >= 0.3 is 0 Å². The van der Waals surface area contributed by atoms with Crippen molar-refractivity contribution >= 4 is 11.6 Å². The number of hydrogen-bond acceptors (Lipinski definition) is 3. The zero-order chi connectivity index (χ0) is 15.2. The molecule has 0 fully saturated rings. The normalized spacial score (nSPS) is 9.67. The molecular weight excluding hydrogens is 269 g/mol. The summed E-state index contributed by atoms with van der Waals surface area (Å²) in [4.78, 5) is 15.7. The molecule has 0 radical (unpaired) electrons. The number of hydrogen-bond donors (Lipinski definition) is 2. The summed E-state index contributed by atoms with van der Waals surface area (Å²) in [6, 6.07) is 6.49. The van der Waals surface area contributed by atoms with Crippen molar-refractivity contribution in [1.82, 2.24) is 4.98 Å². The van der Waals surface area contributed by atoms with Crippen LogP contribution in [0.1, 0.15) is 21.5 Å². The molecule has 5 heteroatoms. The van der Waals surface area contributed by atoms with Gasteiger partial charge in [0, 0.05) is 17.3 Å². The molecule has 4 nitrogen and oxygen atoms in total. The van der Waals surface area contributed by atoms with Crippen molar-refractivity contribution in [2.24, 2.45) is 5.73 Å². The van der Waals surface area contributed by atoms with Gasteiger partial charge in [-0.05, 0) is 36.8 Å². The molecule has 0 unspecified atom stereocenters. The molecule has 1 aromatic carbocycles. The number of aryl methyl sites for hydroxylation is 1. The Bertz CT molecular complexity index is 732. The van der Waals surface area contributed by atoms with E-state index in [0.717, 1.165) is 17.3 Å². The Morgan fingerprint density at radius 1 is 1.43 bits per heavy atom. The third-order valence-electron chi connectivity index (χ3n) is 2.83. The first kappa shape index (κ1) is 14.7. The average Bonchev–Trinajstić information content (AvgIpc) is 2.48. The highest BCUT2D eigenvalue weighted by molar-refractivity contribution is 6.04. The van der Waals surface area contributed by atoms with Gasteiger partial charge in [0.1, 0.15) is 0 Å². The summed E-state index contributed by atoms with van der Waals surface area (Å²) in [6.45, 7) is 2.13. The number of carbonyl (C=O) groups excluding carboxylic acids is 1. The quantitative estimate of drug-likeness (QED) is 0.829. The van der Waals surface area contributed by atoms with Gasteiger partial charge in [0.25, 0.3) is 5.91 Å². The Morgan fingerprint density at radius 3 is 2.90 bits per heavy atom. The zero-order valence-corrected chi connectivity index (χ0v) is 11.5. The molecule has 0 atom stereocenters. The van der Waals surface area contributed by atoms with Crippen LogP contribution in [0, 0.1) is 24.6 Å². The Balaban J connectivity index is 2.21. The van der Waals surface area contributed by atoms with Crippen LogP contribution in [-0.4, -0.2) is 17.4 Å². The molecule has 0 aliphatic heterocycles. The summed E-state index contributed by atoms with van der Waals surface area (Å²) in [5.74, 6) is 4.72. The van der Waals surface area contributed by atoms with E-state index in [1.807, 2.05) is 6.92 Å². The lowest BCUT2D eigenvalue weighted by molar-refractivity contribution is 0.102. The first-order valence-corrected chi connectivity index (χ1v) is 6.32. The smallest absolute Gasteiger partial charge is 0.255 e. The summed E-state index contributed by atoms with van der Waals surface area (Å²) in [7, 11) is 0. The van der Waals surface area contributed by atoms with Crippen molar-refractivity contribution < 1.29 is 9.18 Å². The van der Waals surface area contributed by atoms with Crippen molar-refractivity contribution in [3.8, 4) is 11.8 Å². The summed E-state index contributed by atoms with van der Waals surface area (Å²) in [5.41, 5.74) is 7.53. The Morgan fingerprint density at radius 2 is 2.24 bits per heavy atom. The monoisotopic (exact) mass is 283 g/mol. The van der Waals surface area contributed by atoms with E-state index in [-0.39, 0.29) is 18.1 Å². The van der Waals surface area contributed by atoms with Crippen LogP contribution < -0.4 is 11.1 Å². The van der Waals surface area contributed by atoms with Gasteiger partial charge in [-0.2, -0.15) is 0 Å². The van der Waals surface area contributed by atoms with Crippen molar-refractivity contribution in [3.63, 3.8) is 0 Å². The lowest BCUT2D eigenvalue weighted by Gasteiger charge is -2.07. The minimum Gasteiger partial charge on any atom is -0.320 e. The first-order valence-electron chi connectivity index (χ1n) is 6.32. The number of rotatable bonds is 2. The van der Waals surface area contributed by atoms with E-state index in [1.165, 1.54) is 12.3 Å². The number of halogens is 1. The maximum Gasteiger partial charge on any atom is 0.255 e.